The first-order valence-corrected chi connectivity index (χ1v) is 5.83. The molecule has 0 bridgehead atoms. The second-order valence-electron chi connectivity index (χ2n) is 3.61. The Labute approximate surface area is 114 Å². The van der Waals surface area contributed by atoms with Crippen molar-refractivity contribution in [2.24, 2.45) is 0 Å². The SMILES string of the molecule is CNC(C)C(=O)Nc1c(Cl)cc(Cl)cc1C(=O)O. The molecule has 1 aromatic carbocycles. The zero-order chi connectivity index (χ0) is 13.9. The standard InChI is InChI=1S/C11H12Cl2N2O3/c1-5(14-2)10(16)15-9-7(11(17)18)3-6(12)4-8(9)13/h3-5,14H,1-2H3,(H,15,16)(H,17,18). The topological polar surface area (TPSA) is 78.4 Å². The van der Waals surface area contributed by atoms with Gasteiger partial charge in [-0.15, -0.1) is 0 Å². The highest BCUT2D eigenvalue weighted by Gasteiger charge is 2.19. The van der Waals surface area contributed by atoms with Crippen molar-refractivity contribution in [3.8, 4) is 0 Å². The van der Waals surface area contributed by atoms with Gasteiger partial charge in [0.2, 0.25) is 5.91 Å². The third-order valence-electron chi connectivity index (χ3n) is 2.36. The minimum Gasteiger partial charge on any atom is -0.478 e. The molecule has 0 radical (unpaired) electrons. The summed E-state index contributed by atoms with van der Waals surface area (Å²) in [4.78, 5) is 22.8. The Morgan fingerprint density at radius 3 is 2.44 bits per heavy atom. The summed E-state index contributed by atoms with van der Waals surface area (Å²) in [5.74, 6) is -1.60. The third-order valence-corrected chi connectivity index (χ3v) is 2.88. The summed E-state index contributed by atoms with van der Waals surface area (Å²) in [6.45, 7) is 1.64. The fraction of sp³-hybridized carbons (Fsp3) is 0.273. The summed E-state index contributed by atoms with van der Waals surface area (Å²) >= 11 is 11.6. The molecule has 0 saturated carbocycles. The number of hydrogen-bond donors (Lipinski definition) is 3. The minimum absolute atomic E-state index is 0.0423. The Balaban J connectivity index is 3.15. The molecule has 1 aromatic rings. The van der Waals surface area contributed by atoms with Gasteiger partial charge in [-0.1, -0.05) is 23.2 Å². The average Bonchev–Trinajstić information content (AvgIpc) is 2.30. The molecule has 0 spiro atoms. The van der Waals surface area contributed by atoms with Crippen molar-refractivity contribution in [2.45, 2.75) is 13.0 Å². The molecule has 1 unspecified atom stereocenters. The van der Waals surface area contributed by atoms with E-state index in [1.165, 1.54) is 12.1 Å². The number of nitrogens with one attached hydrogen (secondary N) is 2. The quantitative estimate of drug-likeness (QED) is 0.795. The molecule has 18 heavy (non-hydrogen) atoms. The van der Waals surface area contributed by atoms with E-state index in [1.54, 1.807) is 14.0 Å². The largest absolute Gasteiger partial charge is 0.478 e. The van der Waals surface area contributed by atoms with E-state index in [2.05, 4.69) is 10.6 Å². The first-order chi connectivity index (χ1) is 8.36. The van der Waals surface area contributed by atoms with Crippen LogP contribution < -0.4 is 10.6 Å². The van der Waals surface area contributed by atoms with Crippen molar-refractivity contribution in [1.29, 1.82) is 0 Å². The van der Waals surface area contributed by atoms with Gasteiger partial charge in [0.05, 0.1) is 22.3 Å². The number of carboxylic acids is 1. The van der Waals surface area contributed by atoms with Crippen molar-refractivity contribution in [2.75, 3.05) is 12.4 Å². The van der Waals surface area contributed by atoms with Crippen LogP contribution in [-0.4, -0.2) is 30.1 Å². The first kappa shape index (κ1) is 14.8. The van der Waals surface area contributed by atoms with Crippen LogP contribution in [0.15, 0.2) is 12.1 Å². The molecule has 0 saturated heterocycles. The number of anilines is 1. The van der Waals surface area contributed by atoms with Crippen molar-refractivity contribution in [3.05, 3.63) is 27.7 Å². The van der Waals surface area contributed by atoms with Gasteiger partial charge >= 0.3 is 5.97 Å². The highest BCUT2D eigenvalue weighted by Crippen LogP contribution is 2.30. The molecule has 0 aromatic heterocycles. The molecule has 1 amide bonds. The maximum absolute atomic E-state index is 11.7. The zero-order valence-corrected chi connectivity index (χ0v) is 11.3. The Bertz CT molecular complexity index is 491. The third kappa shape index (κ3) is 3.35. The van der Waals surface area contributed by atoms with E-state index in [4.69, 9.17) is 28.3 Å². The van der Waals surface area contributed by atoms with E-state index in [-0.39, 0.29) is 27.2 Å². The van der Waals surface area contributed by atoms with Crippen LogP contribution in [0.4, 0.5) is 5.69 Å². The van der Waals surface area contributed by atoms with E-state index in [0.29, 0.717) is 0 Å². The molecule has 7 heteroatoms. The van der Waals surface area contributed by atoms with Gasteiger partial charge in [-0.25, -0.2) is 4.79 Å². The second-order valence-corrected chi connectivity index (χ2v) is 4.46. The summed E-state index contributed by atoms with van der Waals surface area (Å²) in [6, 6.07) is 2.13. The van der Waals surface area contributed by atoms with Crippen molar-refractivity contribution in [1.82, 2.24) is 5.32 Å². The molecule has 1 atom stereocenters. The lowest BCUT2D eigenvalue weighted by Gasteiger charge is -2.14. The lowest BCUT2D eigenvalue weighted by molar-refractivity contribution is -0.117. The molecule has 1 rings (SSSR count). The van der Waals surface area contributed by atoms with Gasteiger partial charge < -0.3 is 15.7 Å². The number of hydrogen-bond acceptors (Lipinski definition) is 3. The van der Waals surface area contributed by atoms with E-state index < -0.39 is 12.0 Å². The van der Waals surface area contributed by atoms with Gasteiger partial charge in [0.15, 0.2) is 0 Å². The fourth-order valence-electron chi connectivity index (χ4n) is 1.23. The van der Waals surface area contributed by atoms with Gasteiger partial charge in [-0.2, -0.15) is 0 Å². The second kappa shape index (κ2) is 6.04. The van der Waals surface area contributed by atoms with E-state index in [9.17, 15) is 9.59 Å². The summed E-state index contributed by atoms with van der Waals surface area (Å²) < 4.78 is 0. The minimum atomic E-state index is -1.22. The molecular formula is C11H12Cl2N2O3. The maximum Gasteiger partial charge on any atom is 0.337 e. The predicted octanol–water partition coefficient (Wildman–Crippen LogP) is 2.24. The van der Waals surface area contributed by atoms with Gasteiger partial charge in [0, 0.05) is 5.02 Å². The number of aromatic carboxylic acids is 1. The Kier molecular flexibility index (Phi) is 4.95. The Hall–Kier alpha value is -1.30. The van der Waals surface area contributed by atoms with Crippen LogP contribution >= 0.6 is 23.2 Å². The van der Waals surface area contributed by atoms with Crippen molar-refractivity contribution in [3.63, 3.8) is 0 Å². The molecule has 3 N–H and O–H groups in total. The monoisotopic (exact) mass is 290 g/mol. The number of benzene rings is 1. The van der Waals surface area contributed by atoms with Crippen LogP contribution in [0.1, 0.15) is 17.3 Å². The Morgan fingerprint density at radius 2 is 1.94 bits per heavy atom. The molecule has 0 aliphatic rings. The van der Waals surface area contributed by atoms with Gasteiger partial charge in [-0.3, -0.25) is 4.79 Å². The summed E-state index contributed by atoms with van der Waals surface area (Å²) in [5.41, 5.74) is -0.107. The lowest BCUT2D eigenvalue weighted by Crippen LogP contribution is -2.36. The smallest absolute Gasteiger partial charge is 0.337 e. The summed E-state index contributed by atoms with van der Waals surface area (Å²) in [6.07, 6.45) is 0. The van der Waals surface area contributed by atoms with E-state index >= 15 is 0 Å². The number of rotatable bonds is 4. The molecular weight excluding hydrogens is 279 g/mol. The van der Waals surface area contributed by atoms with Crippen LogP contribution in [0.3, 0.4) is 0 Å². The van der Waals surface area contributed by atoms with Crippen LogP contribution in [0.2, 0.25) is 10.0 Å². The van der Waals surface area contributed by atoms with Gasteiger partial charge in [-0.05, 0) is 26.1 Å². The zero-order valence-electron chi connectivity index (χ0n) is 9.75. The first-order valence-electron chi connectivity index (χ1n) is 5.07. The molecule has 5 nitrogen and oxygen atoms in total. The number of halogens is 2. The molecule has 0 aliphatic carbocycles. The molecule has 0 aliphatic heterocycles. The van der Waals surface area contributed by atoms with Crippen LogP contribution in [-0.2, 0) is 4.79 Å². The van der Waals surface area contributed by atoms with Crippen LogP contribution in [0, 0.1) is 0 Å². The fourth-order valence-corrected chi connectivity index (χ4v) is 1.77. The normalized spacial score (nSPS) is 12.0. The van der Waals surface area contributed by atoms with E-state index in [0.717, 1.165) is 0 Å². The van der Waals surface area contributed by atoms with E-state index in [1.807, 2.05) is 0 Å². The maximum atomic E-state index is 11.7. The van der Waals surface area contributed by atoms with Gasteiger partial charge in [0.25, 0.3) is 0 Å². The molecule has 98 valence electrons. The predicted molar refractivity (Wildman–Crippen MR) is 70.6 cm³/mol. The summed E-state index contributed by atoms with van der Waals surface area (Å²) in [5, 5.41) is 14.5. The Morgan fingerprint density at radius 1 is 1.33 bits per heavy atom. The number of carbonyl (C=O) groups excluding carboxylic acids is 1. The highest BCUT2D eigenvalue weighted by molar-refractivity contribution is 6.37. The number of carbonyl (C=O) groups is 2. The number of likely N-dealkylation sites (N-methyl/N-ethyl adjacent to an activating group) is 1. The van der Waals surface area contributed by atoms with Crippen LogP contribution in [0.5, 0.6) is 0 Å². The average molecular weight is 291 g/mol. The van der Waals surface area contributed by atoms with Crippen molar-refractivity contribution >= 4 is 40.8 Å². The number of carboxylic acid groups (broad SMARTS) is 1. The van der Waals surface area contributed by atoms with Crippen LogP contribution in [0.25, 0.3) is 0 Å². The van der Waals surface area contributed by atoms with Crippen molar-refractivity contribution < 1.29 is 14.7 Å². The highest BCUT2D eigenvalue weighted by atomic mass is 35.5. The lowest BCUT2D eigenvalue weighted by atomic mass is 10.1. The molecule has 0 heterocycles. The molecule has 0 fully saturated rings. The summed E-state index contributed by atoms with van der Waals surface area (Å²) in [7, 11) is 1.62. The number of amides is 1. The van der Waals surface area contributed by atoms with Gasteiger partial charge in [0.1, 0.15) is 0 Å².